The van der Waals surface area contributed by atoms with E-state index in [9.17, 15) is 9.90 Å². The van der Waals surface area contributed by atoms with E-state index in [1.165, 1.54) is 22.3 Å². The summed E-state index contributed by atoms with van der Waals surface area (Å²) in [7, 11) is 3.45. The molecule has 67 heavy (non-hydrogen) atoms. The van der Waals surface area contributed by atoms with Crippen molar-refractivity contribution in [3.63, 3.8) is 0 Å². The Morgan fingerprint density at radius 3 is 1.94 bits per heavy atom. The first-order chi connectivity index (χ1) is 32.7. The third-order valence-electron chi connectivity index (χ3n) is 13.5. The van der Waals surface area contributed by atoms with Crippen LogP contribution in [0.4, 0.5) is 4.79 Å². The molecule has 0 aliphatic carbocycles. The van der Waals surface area contributed by atoms with E-state index >= 15 is 0 Å². The lowest BCUT2D eigenvalue weighted by Gasteiger charge is -2.31. The van der Waals surface area contributed by atoms with Crippen molar-refractivity contribution in [2.24, 2.45) is 13.0 Å². The molecular weight excluding hydrogens is 845 g/mol. The number of hydrogen-bond acceptors (Lipinski definition) is 11. The molecule has 5 aromatic heterocycles. The number of aromatic nitrogens is 9. The second-order valence-electron chi connectivity index (χ2n) is 17.8. The number of pyridine rings is 1. The molecule has 0 saturated carbocycles. The minimum absolute atomic E-state index is 0.0451. The Morgan fingerprint density at radius 1 is 0.716 bits per heavy atom. The molecule has 0 bridgehead atoms. The third-order valence-corrected chi connectivity index (χ3v) is 13.5. The monoisotopic (exact) mass is 892 g/mol. The van der Waals surface area contributed by atoms with Gasteiger partial charge in [-0.05, 0) is 78.3 Å². The number of aromatic hydroxyl groups is 1. The van der Waals surface area contributed by atoms with Crippen LogP contribution >= 0.6 is 0 Å². The fraction of sp³-hybridized carbons (Fsp3) is 0.255. The number of aryl methyl sites for hydroxylation is 2. The molecule has 0 radical (unpaired) electrons. The number of nitrogens with zero attached hydrogens (tertiary/aromatic N) is 8. The molecular formula is C51H48N12O4. The van der Waals surface area contributed by atoms with Gasteiger partial charge in [-0.1, -0.05) is 60.2 Å². The number of rotatable bonds is 9. The van der Waals surface area contributed by atoms with Crippen molar-refractivity contribution < 1.29 is 19.4 Å². The largest absolute Gasteiger partial charge is 0.504 e. The van der Waals surface area contributed by atoms with Crippen LogP contribution in [0.2, 0.25) is 0 Å². The second-order valence-corrected chi connectivity index (χ2v) is 17.8. The van der Waals surface area contributed by atoms with Gasteiger partial charge in [0.15, 0.2) is 23.1 Å². The topological polar surface area (TPSA) is 189 Å². The number of benzene rings is 4. The molecule has 16 heteroatoms. The average molecular weight is 893 g/mol. The first-order valence-corrected chi connectivity index (χ1v) is 22.7. The Hall–Kier alpha value is -7.82. The van der Waals surface area contributed by atoms with Gasteiger partial charge in [-0.3, -0.25) is 9.36 Å². The summed E-state index contributed by atoms with van der Waals surface area (Å²) in [4.78, 5) is 37.6. The van der Waals surface area contributed by atoms with Crippen molar-refractivity contribution in [1.29, 1.82) is 0 Å². The van der Waals surface area contributed by atoms with Crippen LogP contribution < -0.4 is 20.1 Å². The van der Waals surface area contributed by atoms with Gasteiger partial charge < -0.3 is 40.1 Å². The van der Waals surface area contributed by atoms with Crippen LogP contribution in [-0.4, -0.2) is 80.8 Å². The van der Waals surface area contributed by atoms with Crippen molar-refractivity contribution in [2.45, 2.75) is 52.5 Å². The number of ether oxygens (including phenoxy) is 2. The zero-order valence-corrected chi connectivity index (χ0v) is 37.4. The first kappa shape index (κ1) is 40.7. The number of fused-ring (bicyclic) bond motifs is 4. The standard InChI is InChI=1S/C51H48N12O4/c1-28-7-9-32(10-8-28)44-48(46(61(2)59-44)50-57-40-21-35-25-53-26-36(35)22-41(40)58-50)67-51(65)62-17-15-29(16-18-62)27-63-45(49-55-38-19-33-23-52-24-34(33)20-39(38)56-49)47(64)43(60-63)31-13-11-30(12-14-31)37-5-4-6-42(54-37)66-3/h4-14,19-22,29,52-53,64H,15-18,23-27H2,1-3H3,(H,55,56)(H,57,58). The van der Waals surface area contributed by atoms with Crippen LogP contribution in [0.25, 0.3) is 78.9 Å². The predicted molar refractivity (Wildman–Crippen MR) is 254 cm³/mol. The summed E-state index contributed by atoms with van der Waals surface area (Å²) in [5.74, 6) is 2.20. The van der Waals surface area contributed by atoms with E-state index in [2.05, 4.69) is 49.9 Å². The number of nitrogens with one attached hydrogen (secondary N) is 4. The molecule has 3 aliphatic rings. The fourth-order valence-corrected chi connectivity index (χ4v) is 9.79. The van der Waals surface area contributed by atoms with Gasteiger partial charge in [0.25, 0.3) is 0 Å². The van der Waals surface area contributed by atoms with Crippen LogP contribution in [0.3, 0.4) is 0 Å². The highest BCUT2D eigenvalue weighted by Gasteiger charge is 2.32. The number of carbonyl (C=O) groups excluding carboxylic acids is 1. The van der Waals surface area contributed by atoms with E-state index in [-0.39, 0.29) is 11.7 Å². The first-order valence-electron chi connectivity index (χ1n) is 22.7. The molecule has 5 N–H and O–H groups in total. The molecule has 1 fully saturated rings. The van der Waals surface area contributed by atoms with Crippen molar-refractivity contribution >= 4 is 28.2 Å². The predicted octanol–water partition coefficient (Wildman–Crippen LogP) is 8.24. The van der Waals surface area contributed by atoms with Gasteiger partial charge in [0, 0.05) is 75.6 Å². The number of methoxy groups -OCH3 is 1. The van der Waals surface area contributed by atoms with Crippen LogP contribution in [0, 0.1) is 12.8 Å². The highest BCUT2D eigenvalue weighted by molar-refractivity contribution is 5.87. The lowest BCUT2D eigenvalue weighted by molar-refractivity contribution is 0.127. The van der Waals surface area contributed by atoms with E-state index < -0.39 is 6.09 Å². The zero-order chi connectivity index (χ0) is 45.3. The number of likely N-dealkylation sites (tertiary alicyclic amines) is 1. The molecule has 9 aromatic rings. The van der Waals surface area contributed by atoms with Crippen LogP contribution in [-0.2, 0) is 39.8 Å². The molecule has 0 unspecified atom stereocenters. The molecule has 12 rings (SSSR count). The van der Waals surface area contributed by atoms with Gasteiger partial charge in [0.1, 0.15) is 22.8 Å². The summed E-state index contributed by atoms with van der Waals surface area (Å²) >= 11 is 0. The Bertz CT molecular complexity index is 3290. The summed E-state index contributed by atoms with van der Waals surface area (Å²) < 4.78 is 15.4. The highest BCUT2D eigenvalue weighted by Crippen LogP contribution is 2.42. The summed E-state index contributed by atoms with van der Waals surface area (Å²) in [5, 5.41) is 28.9. The molecule has 336 valence electrons. The van der Waals surface area contributed by atoms with Crippen molar-refractivity contribution in [1.82, 2.24) is 60.0 Å². The average Bonchev–Trinajstić information content (AvgIpc) is 4.22. The molecule has 8 heterocycles. The van der Waals surface area contributed by atoms with Crippen LogP contribution in [0.15, 0.2) is 91.0 Å². The Labute approximate surface area is 385 Å². The van der Waals surface area contributed by atoms with Gasteiger partial charge >= 0.3 is 6.09 Å². The molecule has 16 nitrogen and oxygen atoms in total. The van der Waals surface area contributed by atoms with E-state index in [1.807, 2.05) is 85.4 Å². The summed E-state index contributed by atoms with van der Waals surface area (Å²) in [5.41, 5.74) is 14.9. The van der Waals surface area contributed by atoms with Gasteiger partial charge in [-0.25, -0.2) is 19.7 Å². The summed E-state index contributed by atoms with van der Waals surface area (Å²) in [6.07, 6.45) is 0.944. The van der Waals surface area contributed by atoms with Gasteiger partial charge in [-0.2, -0.15) is 10.2 Å². The Morgan fingerprint density at radius 2 is 1.30 bits per heavy atom. The van der Waals surface area contributed by atoms with E-state index in [1.54, 1.807) is 16.7 Å². The van der Waals surface area contributed by atoms with Crippen molar-refractivity contribution in [3.8, 4) is 74.2 Å². The van der Waals surface area contributed by atoms with Crippen molar-refractivity contribution in [3.05, 3.63) is 119 Å². The minimum Gasteiger partial charge on any atom is -0.504 e. The quantitative estimate of drug-likeness (QED) is 0.0939. The normalized spacial score (nSPS) is 14.9. The molecule has 1 saturated heterocycles. The zero-order valence-electron chi connectivity index (χ0n) is 37.4. The number of H-pyrrole nitrogens is 2. The Balaban J connectivity index is 0.821. The SMILES string of the molecule is COc1cccc(-c2ccc(-c3nn(CC4CCN(C(=O)Oc5c(-c6ccc(C)cc6)nn(C)c5-c5nc6cc7c(cc6[nH]5)CNC7)CC4)c(-c4nc5cc6c(cc5[nH]4)CNC6)c3O)cc2)n1. The van der Waals surface area contributed by atoms with E-state index in [4.69, 9.17) is 29.6 Å². The maximum absolute atomic E-state index is 14.3. The van der Waals surface area contributed by atoms with E-state index in [0.717, 1.165) is 76.2 Å². The van der Waals surface area contributed by atoms with Gasteiger partial charge in [0.2, 0.25) is 5.88 Å². The maximum atomic E-state index is 14.3. The van der Waals surface area contributed by atoms with Crippen LogP contribution in [0.5, 0.6) is 17.4 Å². The summed E-state index contributed by atoms with van der Waals surface area (Å²) in [6.45, 7) is 6.72. The second kappa shape index (κ2) is 16.3. The summed E-state index contributed by atoms with van der Waals surface area (Å²) in [6, 6.07) is 30.0. The maximum Gasteiger partial charge on any atom is 0.415 e. The third kappa shape index (κ3) is 7.34. The lowest BCUT2D eigenvalue weighted by Crippen LogP contribution is -2.41. The molecule has 1 amide bonds. The molecule has 0 spiro atoms. The number of amides is 1. The minimum atomic E-state index is -0.445. The number of aromatic amines is 2. The molecule has 4 aromatic carbocycles. The number of hydrogen-bond donors (Lipinski definition) is 5. The number of piperidine rings is 1. The molecule has 0 atom stereocenters. The number of carbonyl (C=O) groups is 1. The van der Waals surface area contributed by atoms with Crippen LogP contribution in [0.1, 0.15) is 40.7 Å². The van der Waals surface area contributed by atoms with E-state index in [0.29, 0.717) is 78.5 Å². The molecule has 3 aliphatic heterocycles. The lowest BCUT2D eigenvalue weighted by atomic mass is 9.97. The highest BCUT2D eigenvalue weighted by atomic mass is 16.6. The fourth-order valence-electron chi connectivity index (χ4n) is 9.79. The van der Waals surface area contributed by atoms with Gasteiger partial charge in [-0.15, -0.1) is 0 Å². The smallest absolute Gasteiger partial charge is 0.415 e. The Kier molecular flexibility index (Phi) is 9.87. The number of imidazole rings is 2. The van der Waals surface area contributed by atoms with Gasteiger partial charge in [0.05, 0.1) is 34.9 Å². The van der Waals surface area contributed by atoms with Crippen molar-refractivity contribution in [2.75, 3.05) is 20.2 Å².